The summed E-state index contributed by atoms with van der Waals surface area (Å²) < 4.78 is 5.29. The quantitative estimate of drug-likeness (QED) is 0.743. The van der Waals surface area contributed by atoms with E-state index in [2.05, 4.69) is 10.3 Å². The largest absolute Gasteiger partial charge is 0.496 e. The summed E-state index contributed by atoms with van der Waals surface area (Å²) in [5, 5.41) is 5.04. The molecule has 0 saturated carbocycles. The van der Waals surface area contributed by atoms with Crippen LogP contribution in [0.4, 0.5) is 0 Å². The molecule has 0 spiro atoms. The maximum absolute atomic E-state index is 12.6. The van der Waals surface area contributed by atoms with Crippen molar-refractivity contribution in [1.82, 2.24) is 10.3 Å². The Kier molecular flexibility index (Phi) is 4.14. The first kappa shape index (κ1) is 16.0. The molecule has 0 bridgehead atoms. The SMILES string of the molecule is COc1ccccc1C(=O)NC1CCc2[nH]c3ccc(Cl)cc3c2C1. The van der Waals surface area contributed by atoms with Gasteiger partial charge in [-0.3, -0.25) is 4.79 Å². The molecule has 25 heavy (non-hydrogen) atoms. The van der Waals surface area contributed by atoms with Crippen LogP contribution in [0.3, 0.4) is 0 Å². The lowest BCUT2D eigenvalue weighted by Crippen LogP contribution is -2.38. The van der Waals surface area contributed by atoms with Gasteiger partial charge in [0, 0.05) is 27.7 Å². The predicted octanol–water partition coefficient (Wildman–Crippen LogP) is 4.12. The normalized spacial score (nSPS) is 16.5. The number of aromatic amines is 1. The van der Waals surface area contributed by atoms with Gasteiger partial charge in [0.05, 0.1) is 12.7 Å². The van der Waals surface area contributed by atoms with Gasteiger partial charge in [0.25, 0.3) is 5.91 Å². The van der Waals surface area contributed by atoms with Crippen molar-refractivity contribution in [2.75, 3.05) is 7.11 Å². The van der Waals surface area contributed by atoms with Gasteiger partial charge in [-0.1, -0.05) is 23.7 Å². The lowest BCUT2D eigenvalue weighted by molar-refractivity contribution is 0.0930. The third-order valence-electron chi connectivity index (χ3n) is 4.84. The Bertz CT molecular complexity index is 948. The molecule has 0 fully saturated rings. The van der Waals surface area contributed by atoms with Crippen molar-refractivity contribution in [3.63, 3.8) is 0 Å². The summed E-state index contributed by atoms with van der Waals surface area (Å²) in [6.45, 7) is 0. The summed E-state index contributed by atoms with van der Waals surface area (Å²) in [6, 6.07) is 13.3. The van der Waals surface area contributed by atoms with Crippen LogP contribution in [-0.4, -0.2) is 24.0 Å². The zero-order valence-electron chi connectivity index (χ0n) is 13.9. The maximum Gasteiger partial charge on any atom is 0.255 e. The average molecular weight is 355 g/mol. The Hall–Kier alpha value is -2.46. The molecule has 1 unspecified atom stereocenters. The summed E-state index contributed by atoms with van der Waals surface area (Å²) in [4.78, 5) is 16.1. The van der Waals surface area contributed by atoms with Crippen molar-refractivity contribution >= 4 is 28.4 Å². The zero-order valence-corrected chi connectivity index (χ0v) is 14.7. The van der Waals surface area contributed by atoms with E-state index in [1.54, 1.807) is 19.2 Å². The summed E-state index contributed by atoms with van der Waals surface area (Å²) >= 11 is 6.15. The average Bonchev–Trinajstić information content (AvgIpc) is 2.99. The standard InChI is InChI=1S/C20H19ClN2O2/c1-25-19-5-3-2-4-14(19)20(24)22-13-7-9-18-16(11-13)15-10-12(21)6-8-17(15)23-18/h2-6,8,10,13,23H,7,9,11H2,1H3,(H,22,24). The summed E-state index contributed by atoms with van der Waals surface area (Å²) in [5.74, 6) is 0.499. The molecule has 1 heterocycles. The van der Waals surface area contributed by atoms with Crippen molar-refractivity contribution in [3.05, 3.63) is 64.3 Å². The number of hydrogen-bond acceptors (Lipinski definition) is 2. The Balaban J connectivity index is 1.57. The van der Waals surface area contributed by atoms with E-state index in [1.165, 1.54) is 11.3 Å². The number of para-hydroxylation sites is 1. The number of amides is 1. The molecule has 1 aromatic heterocycles. The van der Waals surface area contributed by atoms with Crippen LogP contribution < -0.4 is 10.1 Å². The highest BCUT2D eigenvalue weighted by Crippen LogP contribution is 2.31. The zero-order chi connectivity index (χ0) is 17.4. The first-order valence-electron chi connectivity index (χ1n) is 8.38. The number of rotatable bonds is 3. The van der Waals surface area contributed by atoms with Gasteiger partial charge < -0.3 is 15.0 Å². The highest BCUT2D eigenvalue weighted by molar-refractivity contribution is 6.31. The lowest BCUT2D eigenvalue weighted by Gasteiger charge is -2.24. The number of carbonyl (C=O) groups excluding carboxylic acids is 1. The molecule has 0 aliphatic heterocycles. The number of nitrogens with one attached hydrogen (secondary N) is 2. The van der Waals surface area contributed by atoms with Crippen LogP contribution in [-0.2, 0) is 12.8 Å². The molecule has 1 atom stereocenters. The van der Waals surface area contributed by atoms with Crippen molar-refractivity contribution in [2.24, 2.45) is 0 Å². The van der Waals surface area contributed by atoms with E-state index in [0.29, 0.717) is 11.3 Å². The Morgan fingerprint density at radius 1 is 1.28 bits per heavy atom. The molecule has 0 radical (unpaired) electrons. The second-order valence-electron chi connectivity index (χ2n) is 6.39. The van der Waals surface area contributed by atoms with Crippen LogP contribution in [0.25, 0.3) is 10.9 Å². The van der Waals surface area contributed by atoms with Crippen molar-refractivity contribution in [3.8, 4) is 5.75 Å². The summed E-state index contributed by atoms with van der Waals surface area (Å²) in [7, 11) is 1.58. The second-order valence-corrected chi connectivity index (χ2v) is 6.82. The van der Waals surface area contributed by atoms with Crippen molar-refractivity contribution in [1.29, 1.82) is 0 Å². The number of H-pyrrole nitrogens is 1. The predicted molar refractivity (Wildman–Crippen MR) is 99.6 cm³/mol. The highest BCUT2D eigenvalue weighted by Gasteiger charge is 2.25. The van der Waals surface area contributed by atoms with E-state index < -0.39 is 0 Å². The molecule has 2 aromatic carbocycles. The van der Waals surface area contributed by atoms with Crippen molar-refractivity contribution < 1.29 is 9.53 Å². The fourth-order valence-electron chi connectivity index (χ4n) is 3.61. The number of hydrogen-bond donors (Lipinski definition) is 2. The van der Waals surface area contributed by atoms with Crippen LogP contribution in [0.5, 0.6) is 5.75 Å². The van der Waals surface area contributed by atoms with E-state index in [9.17, 15) is 4.79 Å². The van der Waals surface area contributed by atoms with E-state index >= 15 is 0 Å². The topological polar surface area (TPSA) is 54.1 Å². The maximum atomic E-state index is 12.6. The van der Waals surface area contributed by atoms with Gasteiger partial charge in [-0.05, 0) is 55.2 Å². The van der Waals surface area contributed by atoms with Gasteiger partial charge in [0.1, 0.15) is 5.75 Å². The van der Waals surface area contributed by atoms with E-state index in [0.717, 1.165) is 35.2 Å². The Morgan fingerprint density at radius 2 is 2.12 bits per heavy atom. The van der Waals surface area contributed by atoms with Gasteiger partial charge >= 0.3 is 0 Å². The molecular formula is C20H19ClN2O2. The first-order chi connectivity index (χ1) is 12.2. The van der Waals surface area contributed by atoms with Crippen LogP contribution in [0, 0.1) is 0 Å². The fourth-order valence-corrected chi connectivity index (χ4v) is 3.78. The minimum Gasteiger partial charge on any atom is -0.496 e. The fraction of sp³-hybridized carbons (Fsp3) is 0.250. The molecular weight excluding hydrogens is 336 g/mol. The minimum atomic E-state index is -0.0937. The Morgan fingerprint density at radius 3 is 2.96 bits per heavy atom. The summed E-state index contributed by atoms with van der Waals surface area (Å²) in [5.41, 5.74) is 4.18. The number of ether oxygens (including phenoxy) is 1. The monoisotopic (exact) mass is 354 g/mol. The number of methoxy groups -OCH3 is 1. The molecule has 3 aromatic rings. The highest BCUT2D eigenvalue weighted by atomic mass is 35.5. The molecule has 1 aliphatic carbocycles. The number of carbonyl (C=O) groups is 1. The smallest absolute Gasteiger partial charge is 0.255 e. The molecule has 2 N–H and O–H groups in total. The number of aryl methyl sites for hydroxylation is 1. The third kappa shape index (κ3) is 2.98. The first-order valence-corrected chi connectivity index (χ1v) is 8.76. The third-order valence-corrected chi connectivity index (χ3v) is 5.07. The van der Waals surface area contributed by atoms with Gasteiger partial charge in [0.2, 0.25) is 0 Å². The molecule has 1 aliphatic rings. The van der Waals surface area contributed by atoms with Crippen molar-refractivity contribution in [2.45, 2.75) is 25.3 Å². The van der Waals surface area contributed by atoms with Crippen LogP contribution in [0.2, 0.25) is 5.02 Å². The second kappa shape index (κ2) is 6.45. The molecule has 1 amide bonds. The van der Waals surface area contributed by atoms with E-state index in [-0.39, 0.29) is 11.9 Å². The van der Waals surface area contributed by atoms with E-state index in [1.807, 2.05) is 30.3 Å². The lowest BCUT2D eigenvalue weighted by atomic mass is 9.91. The molecule has 4 rings (SSSR count). The molecule has 4 nitrogen and oxygen atoms in total. The number of aromatic nitrogens is 1. The van der Waals surface area contributed by atoms with Gasteiger partial charge in [0.15, 0.2) is 0 Å². The van der Waals surface area contributed by atoms with Gasteiger partial charge in [-0.15, -0.1) is 0 Å². The number of fused-ring (bicyclic) bond motifs is 3. The van der Waals surface area contributed by atoms with Crippen LogP contribution in [0.1, 0.15) is 28.0 Å². The number of benzene rings is 2. The van der Waals surface area contributed by atoms with Crippen LogP contribution in [0.15, 0.2) is 42.5 Å². The Labute approximate surface area is 151 Å². The van der Waals surface area contributed by atoms with Crippen LogP contribution >= 0.6 is 11.6 Å². The van der Waals surface area contributed by atoms with Gasteiger partial charge in [-0.25, -0.2) is 0 Å². The molecule has 128 valence electrons. The molecule has 5 heteroatoms. The molecule has 0 saturated heterocycles. The number of halogens is 1. The van der Waals surface area contributed by atoms with Gasteiger partial charge in [-0.2, -0.15) is 0 Å². The van der Waals surface area contributed by atoms with E-state index in [4.69, 9.17) is 16.3 Å². The summed E-state index contributed by atoms with van der Waals surface area (Å²) in [6.07, 6.45) is 2.63. The minimum absolute atomic E-state index is 0.0937.